The van der Waals surface area contributed by atoms with Crippen LogP contribution in [0.2, 0.25) is 0 Å². The van der Waals surface area contributed by atoms with Crippen LogP contribution in [0.25, 0.3) is 0 Å². The Kier molecular flexibility index (Phi) is 4.95. The first-order chi connectivity index (χ1) is 12.8. The van der Waals surface area contributed by atoms with Gasteiger partial charge in [0, 0.05) is 34.3 Å². The van der Waals surface area contributed by atoms with Gasteiger partial charge in [-0.2, -0.15) is 0 Å². The van der Waals surface area contributed by atoms with Crippen molar-refractivity contribution in [3.63, 3.8) is 0 Å². The van der Waals surface area contributed by atoms with Crippen LogP contribution in [0, 0.1) is 10.1 Å². The molecule has 1 atom stereocenters. The van der Waals surface area contributed by atoms with Crippen molar-refractivity contribution in [3.8, 4) is 0 Å². The second kappa shape index (κ2) is 7.05. The van der Waals surface area contributed by atoms with E-state index in [4.69, 9.17) is 0 Å². The van der Waals surface area contributed by atoms with Crippen molar-refractivity contribution < 1.29 is 19.6 Å². The average molecular weight is 431 g/mol. The first kappa shape index (κ1) is 18.9. The van der Waals surface area contributed by atoms with Crippen molar-refractivity contribution in [1.82, 2.24) is 0 Å². The maximum Gasteiger partial charge on any atom is 0.270 e. The Balaban J connectivity index is 2.00. The number of hydrogen-bond donors (Lipinski definition) is 1. The van der Waals surface area contributed by atoms with Crippen LogP contribution in [0.3, 0.4) is 0 Å². The van der Waals surface area contributed by atoms with Crippen LogP contribution in [-0.2, 0) is 10.4 Å². The van der Waals surface area contributed by atoms with Gasteiger partial charge in [-0.1, -0.05) is 34.1 Å². The van der Waals surface area contributed by atoms with Crippen LogP contribution in [0.1, 0.15) is 22.3 Å². The largest absolute Gasteiger partial charge is 0.375 e. The molecule has 1 heterocycles. The molecule has 1 N–H and O–H groups in total. The van der Waals surface area contributed by atoms with Gasteiger partial charge in [-0.3, -0.25) is 19.7 Å². The predicted molar refractivity (Wildman–Crippen MR) is 103 cm³/mol. The second-order valence-electron chi connectivity index (χ2n) is 6.13. The van der Waals surface area contributed by atoms with E-state index in [0.717, 1.165) is 6.07 Å². The molecule has 3 rings (SSSR count). The van der Waals surface area contributed by atoms with Crippen molar-refractivity contribution in [1.29, 1.82) is 0 Å². The summed E-state index contributed by atoms with van der Waals surface area (Å²) < 4.78 is 0.649. The SMILES string of the molecule is C=CCN1C(=O)C(O)(CC(=O)c2cccc([N+](=O)[O-])c2)c2cc(Br)ccc21. The highest BCUT2D eigenvalue weighted by molar-refractivity contribution is 9.10. The molecule has 0 bridgehead atoms. The first-order valence-electron chi connectivity index (χ1n) is 8.01. The topological polar surface area (TPSA) is 101 Å². The maximum absolute atomic E-state index is 12.9. The molecule has 2 aromatic carbocycles. The smallest absolute Gasteiger partial charge is 0.270 e. The molecule has 8 heteroatoms. The van der Waals surface area contributed by atoms with Crippen molar-refractivity contribution in [2.24, 2.45) is 0 Å². The van der Waals surface area contributed by atoms with Crippen LogP contribution >= 0.6 is 15.9 Å². The summed E-state index contributed by atoms with van der Waals surface area (Å²) in [5.74, 6) is -1.20. The molecule has 7 nitrogen and oxygen atoms in total. The van der Waals surface area contributed by atoms with Gasteiger partial charge in [0.1, 0.15) is 0 Å². The van der Waals surface area contributed by atoms with E-state index in [1.807, 2.05) is 0 Å². The minimum Gasteiger partial charge on any atom is -0.375 e. The average Bonchev–Trinajstić information content (AvgIpc) is 2.84. The maximum atomic E-state index is 12.9. The molecule has 0 radical (unpaired) electrons. The van der Waals surface area contributed by atoms with E-state index in [2.05, 4.69) is 22.5 Å². The Morgan fingerprint density at radius 1 is 1.33 bits per heavy atom. The number of aliphatic hydroxyl groups is 1. The summed E-state index contributed by atoms with van der Waals surface area (Å²) in [5.41, 5.74) is -1.42. The quantitative estimate of drug-likeness (QED) is 0.327. The number of halogens is 1. The Bertz CT molecular complexity index is 974. The zero-order valence-electron chi connectivity index (χ0n) is 14.1. The molecule has 0 saturated carbocycles. The van der Waals surface area contributed by atoms with Gasteiger partial charge < -0.3 is 10.0 Å². The molecular formula is C19H15BrN2O5. The molecule has 2 aromatic rings. The van der Waals surface area contributed by atoms with Crippen molar-refractivity contribution in [2.75, 3.05) is 11.4 Å². The minimum absolute atomic E-state index is 0.0594. The van der Waals surface area contributed by atoms with Crippen molar-refractivity contribution >= 4 is 39.0 Å². The number of carbonyl (C=O) groups excluding carboxylic acids is 2. The molecule has 0 fully saturated rings. The molecule has 0 aromatic heterocycles. The Labute approximate surface area is 163 Å². The van der Waals surface area contributed by atoms with Crippen LogP contribution in [0.4, 0.5) is 11.4 Å². The summed E-state index contributed by atoms with van der Waals surface area (Å²) in [6, 6.07) is 10.2. The fraction of sp³-hybridized carbons (Fsp3) is 0.158. The Morgan fingerprint density at radius 3 is 2.74 bits per heavy atom. The Hall–Kier alpha value is -2.84. The number of benzene rings is 2. The third-order valence-corrected chi connectivity index (χ3v) is 4.89. The van der Waals surface area contributed by atoms with E-state index in [-0.39, 0.29) is 17.8 Å². The summed E-state index contributed by atoms with van der Waals surface area (Å²) in [6.45, 7) is 3.80. The number of fused-ring (bicyclic) bond motifs is 1. The molecule has 1 amide bonds. The number of rotatable bonds is 6. The van der Waals surface area contributed by atoms with E-state index in [0.29, 0.717) is 15.7 Å². The standard InChI is InChI=1S/C19H15BrN2O5/c1-2-8-21-16-7-6-13(20)10-15(16)19(25,18(21)24)11-17(23)12-4-3-5-14(9-12)22(26)27/h2-7,9-10,25H,1,8,11H2. The summed E-state index contributed by atoms with van der Waals surface area (Å²) in [6.07, 6.45) is 1.00. The number of amides is 1. The number of nitrogens with zero attached hydrogens (tertiary/aromatic N) is 2. The molecule has 0 aliphatic carbocycles. The number of Topliss-reactive ketones (excluding diaryl/α,β-unsaturated/α-hetero) is 1. The summed E-state index contributed by atoms with van der Waals surface area (Å²) >= 11 is 3.31. The first-order valence-corrected chi connectivity index (χ1v) is 8.80. The molecule has 0 spiro atoms. The monoisotopic (exact) mass is 430 g/mol. The molecular weight excluding hydrogens is 416 g/mol. The molecule has 1 aliphatic heterocycles. The van der Waals surface area contributed by atoms with Crippen LogP contribution in [-0.4, -0.2) is 28.3 Å². The van der Waals surface area contributed by atoms with Crippen LogP contribution in [0.5, 0.6) is 0 Å². The van der Waals surface area contributed by atoms with E-state index in [1.54, 1.807) is 18.2 Å². The Morgan fingerprint density at radius 2 is 2.07 bits per heavy atom. The molecule has 1 unspecified atom stereocenters. The van der Waals surface area contributed by atoms with Crippen LogP contribution < -0.4 is 4.90 Å². The molecule has 1 aliphatic rings. The third-order valence-electron chi connectivity index (χ3n) is 4.40. The van der Waals surface area contributed by atoms with Gasteiger partial charge in [0.05, 0.1) is 17.0 Å². The van der Waals surface area contributed by atoms with E-state index in [9.17, 15) is 24.8 Å². The molecule has 0 saturated heterocycles. The number of nitro groups is 1. The fourth-order valence-corrected chi connectivity index (χ4v) is 3.49. The van der Waals surface area contributed by atoms with Gasteiger partial charge in [-0.05, 0) is 18.2 Å². The summed E-state index contributed by atoms with van der Waals surface area (Å²) in [4.78, 5) is 37.3. The van der Waals surface area contributed by atoms with Crippen molar-refractivity contribution in [3.05, 3.63) is 80.8 Å². The highest BCUT2D eigenvalue weighted by atomic mass is 79.9. The van der Waals surface area contributed by atoms with Gasteiger partial charge in [0.2, 0.25) is 0 Å². The number of nitro benzene ring substituents is 1. The lowest BCUT2D eigenvalue weighted by Gasteiger charge is -2.22. The highest BCUT2D eigenvalue weighted by Crippen LogP contribution is 2.44. The number of anilines is 1. The predicted octanol–water partition coefficient (Wildman–Crippen LogP) is 3.35. The molecule has 27 heavy (non-hydrogen) atoms. The second-order valence-corrected chi connectivity index (χ2v) is 7.05. The minimum atomic E-state index is -2.05. The van der Waals surface area contributed by atoms with E-state index >= 15 is 0 Å². The molecule has 138 valence electrons. The zero-order chi connectivity index (χ0) is 19.8. The van der Waals surface area contributed by atoms with Gasteiger partial charge in [0.15, 0.2) is 11.4 Å². The number of ketones is 1. The van der Waals surface area contributed by atoms with Gasteiger partial charge in [-0.15, -0.1) is 6.58 Å². The summed E-state index contributed by atoms with van der Waals surface area (Å²) in [5, 5.41) is 22.1. The number of non-ortho nitro benzene ring substituents is 1. The lowest BCUT2D eigenvalue weighted by molar-refractivity contribution is -0.384. The van der Waals surface area contributed by atoms with Crippen molar-refractivity contribution in [2.45, 2.75) is 12.0 Å². The normalized spacial score (nSPS) is 18.3. The van der Waals surface area contributed by atoms with E-state index in [1.165, 1.54) is 29.2 Å². The van der Waals surface area contributed by atoms with Gasteiger partial charge in [0.25, 0.3) is 11.6 Å². The number of hydrogen-bond acceptors (Lipinski definition) is 5. The van der Waals surface area contributed by atoms with E-state index < -0.39 is 28.6 Å². The number of carbonyl (C=O) groups is 2. The van der Waals surface area contributed by atoms with Gasteiger partial charge >= 0.3 is 0 Å². The van der Waals surface area contributed by atoms with Crippen LogP contribution in [0.15, 0.2) is 59.6 Å². The fourth-order valence-electron chi connectivity index (χ4n) is 3.13. The lowest BCUT2D eigenvalue weighted by Crippen LogP contribution is -2.41. The third kappa shape index (κ3) is 3.29. The highest BCUT2D eigenvalue weighted by Gasteiger charge is 2.50. The summed E-state index contributed by atoms with van der Waals surface area (Å²) in [7, 11) is 0. The lowest BCUT2D eigenvalue weighted by atomic mass is 9.88. The zero-order valence-corrected chi connectivity index (χ0v) is 15.7. The van der Waals surface area contributed by atoms with Gasteiger partial charge in [-0.25, -0.2) is 0 Å².